The molecular weight excluding hydrogens is 258 g/mol. The van der Waals surface area contributed by atoms with Gasteiger partial charge < -0.3 is 5.11 Å². The van der Waals surface area contributed by atoms with E-state index in [1.165, 1.54) is 17.8 Å². The lowest BCUT2D eigenvalue weighted by atomic mass is 10.1. The van der Waals surface area contributed by atoms with E-state index in [-0.39, 0.29) is 0 Å². The molecule has 0 aromatic heterocycles. The summed E-state index contributed by atoms with van der Waals surface area (Å²) in [6.07, 6.45) is 4.22. The number of carbonyl (C=O) groups is 1. The highest BCUT2D eigenvalue weighted by Crippen LogP contribution is 2.39. The molecule has 0 aliphatic heterocycles. The minimum Gasteiger partial charge on any atom is -0.480 e. The van der Waals surface area contributed by atoms with Gasteiger partial charge in [-0.2, -0.15) is 0 Å². The smallest absolute Gasteiger partial charge is 0.321 e. The van der Waals surface area contributed by atoms with Crippen molar-refractivity contribution in [2.24, 2.45) is 0 Å². The third kappa shape index (κ3) is 3.02. The number of thioether (sulfide) groups is 1. The Morgan fingerprint density at radius 1 is 1.28 bits per heavy atom. The van der Waals surface area contributed by atoms with Crippen molar-refractivity contribution in [2.45, 2.75) is 36.2 Å². The van der Waals surface area contributed by atoms with Crippen molar-refractivity contribution in [3.05, 3.63) is 35.4 Å². The number of halogens is 2. The molecule has 1 aromatic rings. The van der Waals surface area contributed by atoms with Gasteiger partial charge in [0.2, 0.25) is 0 Å². The zero-order chi connectivity index (χ0) is 13.1. The second kappa shape index (κ2) is 5.69. The number of hydrogen-bond donors (Lipinski definition) is 1. The standard InChI is InChI=1S/C13H14F2O2S/c14-10-6-5-8(7-11(10)15)12(13(16)17)18-9-3-1-2-4-9/h5-7,9,12H,1-4H2,(H,16,17). The van der Waals surface area contributed by atoms with Crippen LogP contribution in [0.3, 0.4) is 0 Å². The summed E-state index contributed by atoms with van der Waals surface area (Å²) in [6, 6.07) is 3.31. The first-order valence-corrected chi connectivity index (χ1v) is 6.85. The molecule has 5 heteroatoms. The normalized spacial score (nSPS) is 17.9. The van der Waals surface area contributed by atoms with Crippen molar-refractivity contribution < 1.29 is 18.7 Å². The molecule has 0 heterocycles. The molecule has 1 fully saturated rings. The molecule has 1 aromatic carbocycles. The Morgan fingerprint density at radius 2 is 1.94 bits per heavy atom. The van der Waals surface area contributed by atoms with E-state index in [1.807, 2.05) is 0 Å². The van der Waals surface area contributed by atoms with E-state index in [0.29, 0.717) is 10.8 Å². The summed E-state index contributed by atoms with van der Waals surface area (Å²) in [5, 5.41) is 8.70. The summed E-state index contributed by atoms with van der Waals surface area (Å²) in [7, 11) is 0. The molecule has 18 heavy (non-hydrogen) atoms. The summed E-state index contributed by atoms with van der Waals surface area (Å²) >= 11 is 1.34. The van der Waals surface area contributed by atoms with Gasteiger partial charge in [-0.25, -0.2) is 8.78 Å². The Morgan fingerprint density at radius 3 is 2.50 bits per heavy atom. The van der Waals surface area contributed by atoms with Crippen LogP contribution in [0.5, 0.6) is 0 Å². The van der Waals surface area contributed by atoms with Crippen LogP contribution >= 0.6 is 11.8 Å². The van der Waals surface area contributed by atoms with Gasteiger partial charge in [-0.3, -0.25) is 4.79 Å². The predicted octanol–water partition coefficient (Wildman–Crippen LogP) is 3.77. The molecular formula is C13H14F2O2S. The zero-order valence-electron chi connectivity index (χ0n) is 9.73. The van der Waals surface area contributed by atoms with Gasteiger partial charge in [0.15, 0.2) is 11.6 Å². The van der Waals surface area contributed by atoms with Crippen LogP contribution in [0, 0.1) is 11.6 Å². The van der Waals surface area contributed by atoms with Gasteiger partial charge in [0, 0.05) is 5.25 Å². The largest absolute Gasteiger partial charge is 0.480 e. The Labute approximate surface area is 108 Å². The van der Waals surface area contributed by atoms with Gasteiger partial charge in [-0.15, -0.1) is 11.8 Å². The highest BCUT2D eigenvalue weighted by molar-refractivity contribution is 8.00. The van der Waals surface area contributed by atoms with Gasteiger partial charge in [-0.05, 0) is 30.5 Å². The third-order valence-corrected chi connectivity index (χ3v) is 4.70. The van der Waals surface area contributed by atoms with Crippen molar-refractivity contribution in [2.75, 3.05) is 0 Å². The van der Waals surface area contributed by atoms with Crippen molar-refractivity contribution in [3.63, 3.8) is 0 Å². The monoisotopic (exact) mass is 272 g/mol. The van der Waals surface area contributed by atoms with Crippen LogP contribution < -0.4 is 0 Å². The lowest BCUT2D eigenvalue weighted by Crippen LogP contribution is -2.12. The van der Waals surface area contributed by atoms with Crippen molar-refractivity contribution >= 4 is 17.7 Å². The van der Waals surface area contributed by atoms with Crippen LogP contribution in [0.4, 0.5) is 8.78 Å². The second-order valence-electron chi connectivity index (χ2n) is 4.43. The Bertz CT molecular complexity index is 445. The minimum absolute atomic E-state index is 0.305. The van der Waals surface area contributed by atoms with Crippen molar-refractivity contribution in [1.29, 1.82) is 0 Å². The number of rotatable bonds is 4. The van der Waals surface area contributed by atoms with Crippen molar-refractivity contribution in [1.82, 2.24) is 0 Å². The zero-order valence-corrected chi connectivity index (χ0v) is 10.6. The summed E-state index contributed by atoms with van der Waals surface area (Å²) in [5.74, 6) is -2.95. The quantitative estimate of drug-likeness (QED) is 0.906. The van der Waals surface area contributed by atoms with Gasteiger partial charge in [0.05, 0.1) is 0 Å². The topological polar surface area (TPSA) is 37.3 Å². The molecule has 1 N–H and O–H groups in total. The van der Waals surface area contributed by atoms with Gasteiger partial charge in [0.1, 0.15) is 5.25 Å². The molecule has 98 valence electrons. The van der Waals surface area contributed by atoms with E-state index in [0.717, 1.165) is 37.8 Å². The van der Waals surface area contributed by atoms with Gasteiger partial charge >= 0.3 is 5.97 Å². The van der Waals surface area contributed by atoms with Crippen molar-refractivity contribution in [3.8, 4) is 0 Å². The second-order valence-corrected chi connectivity index (χ2v) is 5.84. The molecule has 0 bridgehead atoms. The highest BCUT2D eigenvalue weighted by atomic mass is 32.2. The molecule has 1 atom stereocenters. The van der Waals surface area contributed by atoms with E-state index in [2.05, 4.69) is 0 Å². The highest BCUT2D eigenvalue weighted by Gasteiger charge is 2.27. The molecule has 1 aliphatic carbocycles. The SMILES string of the molecule is O=C(O)C(SC1CCCC1)c1ccc(F)c(F)c1. The minimum atomic E-state index is -1.00. The molecule has 2 nitrogen and oxygen atoms in total. The van der Waals surface area contributed by atoms with E-state index in [4.69, 9.17) is 0 Å². The number of benzene rings is 1. The molecule has 0 amide bonds. The average molecular weight is 272 g/mol. The lowest BCUT2D eigenvalue weighted by molar-refractivity contribution is -0.136. The number of aliphatic carboxylic acids is 1. The number of carboxylic acid groups (broad SMARTS) is 1. The molecule has 1 saturated carbocycles. The fourth-order valence-corrected chi connectivity index (χ4v) is 3.58. The maximum atomic E-state index is 13.1. The summed E-state index contributed by atoms with van der Waals surface area (Å²) in [6.45, 7) is 0. The average Bonchev–Trinajstić information content (AvgIpc) is 2.82. The van der Waals surface area contributed by atoms with Crippen LogP contribution in [-0.2, 0) is 4.79 Å². The van der Waals surface area contributed by atoms with Crippen LogP contribution in [0.2, 0.25) is 0 Å². The molecule has 0 radical (unpaired) electrons. The molecule has 0 saturated heterocycles. The summed E-state index contributed by atoms with van der Waals surface area (Å²) < 4.78 is 26.0. The fourth-order valence-electron chi connectivity index (χ4n) is 2.17. The van der Waals surface area contributed by atoms with Crippen LogP contribution in [-0.4, -0.2) is 16.3 Å². The first-order valence-electron chi connectivity index (χ1n) is 5.91. The predicted molar refractivity (Wildman–Crippen MR) is 66.6 cm³/mol. The van der Waals surface area contributed by atoms with Crippen LogP contribution in [0.15, 0.2) is 18.2 Å². The Balaban J connectivity index is 2.17. The summed E-state index contributed by atoms with van der Waals surface area (Å²) in [5.41, 5.74) is 0.318. The summed E-state index contributed by atoms with van der Waals surface area (Å²) in [4.78, 5) is 11.2. The molecule has 1 aliphatic rings. The lowest BCUT2D eigenvalue weighted by Gasteiger charge is -2.17. The molecule has 2 rings (SSSR count). The van der Waals surface area contributed by atoms with E-state index >= 15 is 0 Å². The first kappa shape index (κ1) is 13.3. The van der Waals surface area contributed by atoms with E-state index in [9.17, 15) is 18.7 Å². The first-order chi connectivity index (χ1) is 8.58. The maximum Gasteiger partial charge on any atom is 0.321 e. The fraction of sp³-hybridized carbons (Fsp3) is 0.462. The Hall–Kier alpha value is -1.10. The third-order valence-electron chi connectivity index (χ3n) is 3.10. The van der Waals surface area contributed by atoms with E-state index < -0.39 is 22.9 Å². The number of hydrogen-bond acceptors (Lipinski definition) is 2. The molecule has 0 spiro atoms. The van der Waals surface area contributed by atoms with Crippen LogP contribution in [0.25, 0.3) is 0 Å². The Kier molecular flexibility index (Phi) is 4.22. The van der Waals surface area contributed by atoms with Crippen LogP contribution in [0.1, 0.15) is 36.5 Å². The number of carboxylic acids is 1. The molecule has 1 unspecified atom stereocenters. The van der Waals surface area contributed by atoms with E-state index in [1.54, 1.807) is 0 Å². The van der Waals surface area contributed by atoms with Gasteiger partial charge in [-0.1, -0.05) is 18.9 Å². The maximum absolute atomic E-state index is 13.1. The van der Waals surface area contributed by atoms with Gasteiger partial charge in [0.25, 0.3) is 0 Å².